The topological polar surface area (TPSA) is 56.4 Å². The summed E-state index contributed by atoms with van der Waals surface area (Å²) in [6.07, 6.45) is 1.28. The number of hydrogen-bond donors (Lipinski definition) is 3. The van der Waals surface area contributed by atoms with Crippen molar-refractivity contribution in [3.05, 3.63) is 48.0 Å². The number of carbonyl (C=O) groups excluding carboxylic acids is 1. The predicted molar refractivity (Wildman–Crippen MR) is 91.6 cm³/mol. The summed E-state index contributed by atoms with van der Waals surface area (Å²) in [6, 6.07) is 8.64. The number of benzene rings is 1. The lowest BCUT2D eigenvalue weighted by Gasteiger charge is -2.16. The molecule has 1 rings (SSSR count). The van der Waals surface area contributed by atoms with Crippen LogP contribution in [-0.4, -0.2) is 51.1 Å². The summed E-state index contributed by atoms with van der Waals surface area (Å²) in [5.74, 6) is -0.131. The second-order valence-corrected chi connectivity index (χ2v) is 5.33. The maximum atomic E-state index is 11.0. The number of likely N-dealkylation sites (N-methyl/N-ethyl adjacent to an activating group) is 2. The van der Waals surface area contributed by atoms with Crippen LogP contribution in [-0.2, 0) is 17.9 Å². The molecule has 0 aliphatic carbocycles. The second-order valence-electron chi connectivity index (χ2n) is 5.33. The van der Waals surface area contributed by atoms with Crippen LogP contribution in [0.3, 0.4) is 0 Å². The van der Waals surface area contributed by atoms with E-state index in [-0.39, 0.29) is 5.91 Å². The Hall–Kier alpha value is -1.69. The van der Waals surface area contributed by atoms with Gasteiger partial charge in [0.2, 0.25) is 5.91 Å². The van der Waals surface area contributed by atoms with Gasteiger partial charge in [0.05, 0.1) is 0 Å². The minimum atomic E-state index is -0.131. The molecule has 1 aromatic rings. The van der Waals surface area contributed by atoms with Gasteiger partial charge in [-0.1, -0.05) is 30.8 Å². The fraction of sp³-hybridized carbons (Fsp3) is 0.471. The molecule has 0 radical (unpaired) electrons. The number of nitrogens with zero attached hydrogens (tertiary/aromatic N) is 1. The maximum Gasteiger partial charge on any atom is 0.243 e. The molecule has 22 heavy (non-hydrogen) atoms. The molecule has 3 N–H and O–H groups in total. The lowest BCUT2D eigenvalue weighted by atomic mass is 10.1. The van der Waals surface area contributed by atoms with E-state index in [4.69, 9.17) is 0 Å². The van der Waals surface area contributed by atoms with Gasteiger partial charge >= 0.3 is 0 Å². The van der Waals surface area contributed by atoms with Crippen molar-refractivity contribution in [3.63, 3.8) is 0 Å². The van der Waals surface area contributed by atoms with Crippen LogP contribution in [0.15, 0.2) is 36.9 Å². The van der Waals surface area contributed by atoms with Crippen LogP contribution in [0.25, 0.3) is 0 Å². The Kier molecular flexibility index (Phi) is 9.14. The van der Waals surface area contributed by atoms with Gasteiger partial charge in [0.25, 0.3) is 0 Å². The minimum absolute atomic E-state index is 0.131. The third kappa shape index (κ3) is 7.93. The van der Waals surface area contributed by atoms with Gasteiger partial charge in [0, 0.05) is 39.3 Å². The smallest absolute Gasteiger partial charge is 0.243 e. The highest BCUT2D eigenvalue weighted by atomic mass is 16.1. The average molecular weight is 304 g/mol. The van der Waals surface area contributed by atoms with Crippen molar-refractivity contribution < 1.29 is 4.79 Å². The molecule has 0 saturated carbocycles. The van der Waals surface area contributed by atoms with Gasteiger partial charge in [-0.25, -0.2) is 0 Å². The molecular weight excluding hydrogens is 276 g/mol. The molecule has 5 heteroatoms. The number of hydrogen-bond acceptors (Lipinski definition) is 4. The molecule has 1 amide bonds. The molecule has 0 fully saturated rings. The SMILES string of the molecule is C=CC(=O)NCCNCc1ccc(CN(C)CCNC)cc1. The molecule has 0 saturated heterocycles. The van der Waals surface area contributed by atoms with Crippen molar-refractivity contribution in [2.24, 2.45) is 0 Å². The van der Waals surface area contributed by atoms with E-state index in [1.54, 1.807) is 0 Å². The Labute approximate surface area is 133 Å². The van der Waals surface area contributed by atoms with E-state index in [9.17, 15) is 4.79 Å². The van der Waals surface area contributed by atoms with E-state index in [1.807, 2.05) is 7.05 Å². The van der Waals surface area contributed by atoms with Crippen molar-refractivity contribution in [3.8, 4) is 0 Å². The highest BCUT2D eigenvalue weighted by molar-refractivity contribution is 5.86. The fourth-order valence-corrected chi connectivity index (χ4v) is 2.03. The third-order valence-electron chi connectivity index (χ3n) is 3.33. The van der Waals surface area contributed by atoms with Crippen molar-refractivity contribution in [1.29, 1.82) is 0 Å². The van der Waals surface area contributed by atoms with E-state index >= 15 is 0 Å². The molecule has 1 aromatic carbocycles. The van der Waals surface area contributed by atoms with Crippen LogP contribution in [0.4, 0.5) is 0 Å². The first-order valence-corrected chi connectivity index (χ1v) is 7.67. The van der Waals surface area contributed by atoms with Crippen LogP contribution < -0.4 is 16.0 Å². The van der Waals surface area contributed by atoms with Gasteiger partial charge in [-0.15, -0.1) is 0 Å². The first kappa shape index (κ1) is 18.4. The number of nitrogens with one attached hydrogen (secondary N) is 3. The molecule has 0 aromatic heterocycles. The summed E-state index contributed by atoms with van der Waals surface area (Å²) in [6.45, 7) is 8.57. The van der Waals surface area contributed by atoms with Gasteiger partial charge < -0.3 is 20.9 Å². The summed E-state index contributed by atoms with van der Waals surface area (Å²) in [5.41, 5.74) is 2.57. The number of carbonyl (C=O) groups is 1. The lowest BCUT2D eigenvalue weighted by Crippen LogP contribution is -2.30. The molecule has 0 atom stereocenters. The Bertz CT molecular complexity index is 444. The van der Waals surface area contributed by atoms with Crippen molar-refractivity contribution in [2.75, 3.05) is 40.3 Å². The molecule has 0 heterocycles. The lowest BCUT2D eigenvalue weighted by molar-refractivity contribution is -0.116. The summed E-state index contributed by atoms with van der Waals surface area (Å²) in [5, 5.41) is 9.19. The maximum absolute atomic E-state index is 11.0. The Balaban J connectivity index is 2.24. The summed E-state index contributed by atoms with van der Waals surface area (Å²) in [7, 11) is 4.10. The van der Waals surface area contributed by atoms with E-state index in [0.29, 0.717) is 6.54 Å². The van der Waals surface area contributed by atoms with Crippen LogP contribution in [0.2, 0.25) is 0 Å². The first-order valence-electron chi connectivity index (χ1n) is 7.67. The molecular formula is C17H28N4O. The zero-order chi connectivity index (χ0) is 16.2. The van der Waals surface area contributed by atoms with Crippen molar-refractivity contribution >= 4 is 5.91 Å². The van der Waals surface area contributed by atoms with E-state index < -0.39 is 0 Å². The highest BCUT2D eigenvalue weighted by Gasteiger charge is 2.00. The van der Waals surface area contributed by atoms with Crippen LogP contribution >= 0.6 is 0 Å². The summed E-state index contributed by atoms with van der Waals surface area (Å²) in [4.78, 5) is 13.3. The average Bonchev–Trinajstić information content (AvgIpc) is 2.53. The van der Waals surface area contributed by atoms with Crippen LogP contribution in [0.1, 0.15) is 11.1 Å². The first-order chi connectivity index (χ1) is 10.7. The molecule has 0 spiro atoms. The Morgan fingerprint density at radius 2 is 1.86 bits per heavy atom. The van der Waals surface area contributed by atoms with E-state index in [2.05, 4.69) is 58.7 Å². The molecule has 0 aliphatic rings. The van der Waals surface area contributed by atoms with Crippen molar-refractivity contribution in [2.45, 2.75) is 13.1 Å². The van der Waals surface area contributed by atoms with E-state index in [0.717, 1.165) is 32.7 Å². The van der Waals surface area contributed by atoms with Crippen molar-refractivity contribution in [1.82, 2.24) is 20.9 Å². The largest absolute Gasteiger partial charge is 0.351 e. The van der Waals surface area contributed by atoms with Gasteiger partial charge in [0.1, 0.15) is 0 Å². The van der Waals surface area contributed by atoms with Crippen LogP contribution in [0, 0.1) is 0 Å². The molecule has 0 bridgehead atoms. The zero-order valence-corrected chi connectivity index (χ0v) is 13.7. The summed E-state index contributed by atoms with van der Waals surface area (Å²) < 4.78 is 0. The van der Waals surface area contributed by atoms with Gasteiger partial charge in [-0.05, 0) is 31.3 Å². The standard InChI is InChI=1S/C17H28N4O/c1-4-17(22)20-10-9-19-13-15-5-7-16(8-6-15)14-21(3)12-11-18-2/h4-8,18-19H,1,9-14H2,2-3H3,(H,20,22). The molecule has 5 nitrogen and oxygen atoms in total. The zero-order valence-electron chi connectivity index (χ0n) is 13.7. The monoisotopic (exact) mass is 304 g/mol. The summed E-state index contributed by atoms with van der Waals surface area (Å²) >= 11 is 0. The van der Waals surface area contributed by atoms with E-state index in [1.165, 1.54) is 17.2 Å². The normalized spacial score (nSPS) is 10.7. The molecule has 122 valence electrons. The quantitative estimate of drug-likeness (QED) is 0.417. The van der Waals surface area contributed by atoms with Gasteiger partial charge in [0.15, 0.2) is 0 Å². The Morgan fingerprint density at radius 3 is 2.50 bits per heavy atom. The predicted octanol–water partition coefficient (Wildman–Crippen LogP) is 0.730. The molecule has 0 aliphatic heterocycles. The molecule has 0 unspecified atom stereocenters. The number of amides is 1. The van der Waals surface area contributed by atoms with Gasteiger partial charge in [-0.3, -0.25) is 4.79 Å². The minimum Gasteiger partial charge on any atom is -0.351 e. The Morgan fingerprint density at radius 1 is 1.18 bits per heavy atom. The van der Waals surface area contributed by atoms with Crippen LogP contribution in [0.5, 0.6) is 0 Å². The number of rotatable bonds is 11. The third-order valence-corrected chi connectivity index (χ3v) is 3.33. The second kappa shape index (κ2) is 11.0. The van der Waals surface area contributed by atoms with Gasteiger partial charge in [-0.2, -0.15) is 0 Å². The fourth-order valence-electron chi connectivity index (χ4n) is 2.03. The highest BCUT2D eigenvalue weighted by Crippen LogP contribution is 2.06.